The SMILES string of the molecule is CCN(C=O)CC(C=O)OC(C)=O. The standard InChI is InChI=1S/C8H13NO4/c1-3-9(6-11)4-8(5-10)13-7(2)12/h5-6,8H,3-4H2,1-2H3. The topological polar surface area (TPSA) is 63.7 Å². The third-order valence-electron chi connectivity index (χ3n) is 1.44. The molecule has 0 radical (unpaired) electrons. The van der Waals surface area contributed by atoms with Gasteiger partial charge in [-0.3, -0.25) is 14.4 Å². The van der Waals surface area contributed by atoms with Crippen LogP contribution in [-0.2, 0) is 19.1 Å². The molecular formula is C8H13NO4. The highest BCUT2D eigenvalue weighted by Crippen LogP contribution is 1.93. The minimum Gasteiger partial charge on any atom is -0.453 e. The van der Waals surface area contributed by atoms with Crippen LogP contribution in [0, 0.1) is 0 Å². The van der Waals surface area contributed by atoms with Crippen LogP contribution in [-0.4, -0.2) is 42.8 Å². The predicted molar refractivity (Wildman–Crippen MR) is 44.9 cm³/mol. The highest BCUT2D eigenvalue weighted by atomic mass is 16.5. The minimum absolute atomic E-state index is 0.114. The molecule has 0 rings (SSSR count). The van der Waals surface area contributed by atoms with Crippen molar-refractivity contribution in [2.24, 2.45) is 0 Å². The molecule has 5 nitrogen and oxygen atoms in total. The van der Waals surface area contributed by atoms with E-state index in [-0.39, 0.29) is 6.54 Å². The molecule has 13 heavy (non-hydrogen) atoms. The van der Waals surface area contributed by atoms with Gasteiger partial charge in [0.2, 0.25) is 6.41 Å². The van der Waals surface area contributed by atoms with Crippen molar-refractivity contribution in [2.45, 2.75) is 20.0 Å². The predicted octanol–water partition coefficient (Wildman–Crippen LogP) is -0.405. The maximum atomic E-state index is 10.5. The molecule has 0 aromatic carbocycles. The monoisotopic (exact) mass is 187 g/mol. The van der Waals surface area contributed by atoms with E-state index >= 15 is 0 Å². The Kier molecular flexibility index (Phi) is 5.50. The summed E-state index contributed by atoms with van der Waals surface area (Å²) < 4.78 is 4.63. The molecule has 0 spiro atoms. The summed E-state index contributed by atoms with van der Waals surface area (Å²) in [6.07, 6.45) is 0.260. The first-order valence-corrected chi connectivity index (χ1v) is 3.95. The number of carbonyl (C=O) groups is 3. The van der Waals surface area contributed by atoms with Gasteiger partial charge in [0.15, 0.2) is 12.4 Å². The Hall–Kier alpha value is -1.39. The maximum absolute atomic E-state index is 10.5. The van der Waals surface area contributed by atoms with Gasteiger partial charge in [-0.25, -0.2) is 0 Å². The van der Waals surface area contributed by atoms with Crippen molar-refractivity contribution in [3.63, 3.8) is 0 Å². The number of ether oxygens (including phenoxy) is 1. The first-order chi connectivity index (χ1) is 6.13. The lowest BCUT2D eigenvalue weighted by Crippen LogP contribution is -2.34. The average molecular weight is 187 g/mol. The first kappa shape index (κ1) is 11.6. The van der Waals surface area contributed by atoms with Gasteiger partial charge in [-0.05, 0) is 6.92 Å². The number of hydrogen-bond acceptors (Lipinski definition) is 4. The van der Waals surface area contributed by atoms with E-state index in [0.717, 1.165) is 0 Å². The lowest BCUT2D eigenvalue weighted by atomic mass is 10.3. The van der Waals surface area contributed by atoms with E-state index in [1.807, 2.05) is 0 Å². The van der Waals surface area contributed by atoms with Crippen molar-refractivity contribution in [2.75, 3.05) is 13.1 Å². The fraction of sp³-hybridized carbons (Fsp3) is 0.625. The molecule has 0 saturated heterocycles. The maximum Gasteiger partial charge on any atom is 0.303 e. The minimum atomic E-state index is -0.859. The summed E-state index contributed by atoms with van der Waals surface area (Å²) in [6, 6.07) is 0. The van der Waals surface area contributed by atoms with Crippen LogP contribution in [0.5, 0.6) is 0 Å². The van der Waals surface area contributed by atoms with Gasteiger partial charge >= 0.3 is 5.97 Å². The van der Waals surface area contributed by atoms with Gasteiger partial charge in [-0.1, -0.05) is 0 Å². The highest BCUT2D eigenvalue weighted by Gasteiger charge is 2.13. The summed E-state index contributed by atoms with van der Waals surface area (Å²) >= 11 is 0. The van der Waals surface area contributed by atoms with Crippen LogP contribution < -0.4 is 0 Å². The van der Waals surface area contributed by atoms with Gasteiger partial charge < -0.3 is 9.64 Å². The number of esters is 1. The zero-order valence-corrected chi connectivity index (χ0v) is 7.73. The lowest BCUT2D eigenvalue weighted by Gasteiger charge is -2.18. The molecule has 5 heteroatoms. The quantitative estimate of drug-likeness (QED) is 0.419. The number of aldehydes is 1. The second kappa shape index (κ2) is 6.16. The molecule has 0 aliphatic carbocycles. The van der Waals surface area contributed by atoms with E-state index in [2.05, 4.69) is 4.74 Å². The molecule has 1 atom stereocenters. The van der Waals surface area contributed by atoms with Gasteiger partial charge in [-0.2, -0.15) is 0 Å². The molecule has 0 aliphatic heterocycles. The summed E-state index contributed by atoms with van der Waals surface area (Å²) in [4.78, 5) is 32.6. The molecule has 0 bridgehead atoms. The Labute approximate surface area is 76.7 Å². The van der Waals surface area contributed by atoms with Crippen molar-refractivity contribution in [1.82, 2.24) is 4.90 Å². The summed E-state index contributed by atoms with van der Waals surface area (Å²) in [7, 11) is 0. The number of nitrogens with zero attached hydrogens (tertiary/aromatic N) is 1. The number of likely N-dealkylation sites (N-methyl/N-ethyl adjacent to an activating group) is 1. The van der Waals surface area contributed by atoms with E-state index in [1.165, 1.54) is 11.8 Å². The Morgan fingerprint density at radius 3 is 2.46 bits per heavy atom. The van der Waals surface area contributed by atoms with Crippen LogP contribution in [0.25, 0.3) is 0 Å². The third-order valence-corrected chi connectivity index (χ3v) is 1.44. The second-order valence-electron chi connectivity index (χ2n) is 2.48. The van der Waals surface area contributed by atoms with Gasteiger partial charge in [0, 0.05) is 13.5 Å². The van der Waals surface area contributed by atoms with Crippen LogP contribution in [0.1, 0.15) is 13.8 Å². The largest absolute Gasteiger partial charge is 0.453 e. The number of carbonyl (C=O) groups excluding carboxylic acids is 3. The molecule has 1 unspecified atom stereocenters. The summed E-state index contributed by atoms with van der Waals surface area (Å²) in [5, 5.41) is 0. The second-order valence-corrected chi connectivity index (χ2v) is 2.48. The van der Waals surface area contributed by atoms with E-state index < -0.39 is 12.1 Å². The number of rotatable bonds is 6. The molecule has 0 heterocycles. The Morgan fingerprint density at radius 1 is 1.54 bits per heavy atom. The first-order valence-electron chi connectivity index (χ1n) is 3.95. The summed E-state index contributed by atoms with van der Waals surface area (Å²) in [6.45, 7) is 3.58. The molecular weight excluding hydrogens is 174 g/mol. The summed E-state index contributed by atoms with van der Waals surface area (Å²) in [5.41, 5.74) is 0. The van der Waals surface area contributed by atoms with Crippen molar-refractivity contribution < 1.29 is 19.1 Å². The van der Waals surface area contributed by atoms with Crippen molar-refractivity contribution in [3.8, 4) is 0 Å². The van der Waals surface area contributed by atoms with E-state index in [0.29, 0.717) is 19.2 Å². The van der Waals surface area contributed by atoms with Gasteiger partial charge in [-0.15, -0.1) is 0 Å². The van der Waals surface area contributed by atoms with Gasteiger partial charge in [0.05, 0.1) is 6.54 Å². The summed E-state index contributed by atoms with van der Waals surface area (Å²) in [5.74, 6) is -0.529. The molecule has 0 fully saturated rings. The molecule has 1 amide bonds. The van der Waals surface area contributed by atoms with Crippen molar-refractivity contribution in [3.05, 3.63) is 0 Å². The van der Waals surface area contributed by atoms with E-state index in [4.69, 9.17) is 0 Å². The molecule has 0 saturated carbocycles. The average Bonchev–Trinajstić information content (AvgIpc) is 2.11. The van der Waals surface area contributed by atoms with E-state index in [9.17, 15) is 14.4 Å². The smallest absolute Gasteiger partial charge is 0.303 e. The van der Waals surface area contributed by atoms with Crippen molar-refractivity contribution in [1.29, 1.82) is 0 Å². The Bertz CT molecular complexity index is 193. The molecule has 74 valence electrons. The fourth-order valence-corrected chi connectivity index (χ4v) is 0.799. The fourth-order valence-electron chi connectivity index (χ4n) is 0.799. The third kappa shape index (κ3) is 4.95. The molecule has 0 aromatic heterocycles. The van der Waals surface area contributed by atoms with Crippen LogP contribution in [0.4, 0.5) is 0 Å². The zero-order chi connectivity index (χ0) is 10.3. The van der Waals surface area contributed by atoms with Crippen LogP contribution in [0.3, 0.4) is 0 Å². The number of amides is 1. The zero-order valence-electron chi connectivity index (χ0n) is 7.73. The normalized spacial score (nSPS) is 11.5. The van der Waals surface area contributed by atoms with Crippen LogP contribution >= 0.6 is 0 Å². The lowest BCUT2D eigenvalue weighted by molar-refractivity contribution is -0.151. The Morgan fingerprint density at radius 2 is 2.15 bits per heavy atom. The Balaban J connectivity index is 4.02. The van der Waals surface area contributed by atoms with Crippen LogP contribution in [0.2, 0.25) is 0 Å². The molecule has 0 aliphatic rings. The van der Waals surface area contributed by atoms with Crippen LogP contribution in [0.15, 0.2) is 0 Å². The van der Waals surface area contributed by atoms with Crippen molar-refractivity contribution >= 4 is 18.7 Å². The highest BCUT2D eigenvalue weighted by molar-refractivity contribution is 5.70. The molecule has 0 N–H and O–H groups in total. The van der Waals surface area contributed by atoms with E-state index in [1.54, 1.807) is 6.92 Å². The molecule has 0 aromatic rings. The number of hydrogen-bond donors (Lipinski definition) is 0. The van der Waals surface area contributed by atoms with Gasteiger partial charge in [0.25, 0.3) is 0 Å². The van der Waals surface area contributed by atoms with Gasteiger partial charge in [0.1, 0.15) is 0 Å².